The molecule has 7 nitrogen and oxygen atoms in total. The number of nitrogens with zero attached hydrogens (tertiary/aromatic N) is 2. The summed E-state index contributed by atoms with van der Waals surface area (Å²) in [6, 6.07) is 14.1. The molecule has 1 fully saturated rings. The minimum absolute atomic E-state index is 0.167. The number of benzene rings is 2. The van der Waals surface area contributed by atoms with Crippen molar-refractivity contribution in [2.75, 3.05) is 56.4 Å². The fraction of sp³-hybridized carbons (Fsp3) is 0.350. The van der Waals surface area contributed by atoms with Crippen LogP contribution in [0.1, 0.15) is 0 Å². The monoisotopic (exact) mass is 435 g/mol. The number of carbonyl (C=O) groups is 1. The number of nitrogens with one attached hydrogen (secondary N) is 1. The smallest absolute Gasteiger partial charge is 0.243 e. The van der Waals surface area contributed by atoms with Gasteiger partial charge in [0.15, 0.2) is 0 Å². The topological polar surface area (TPSA) is 79.0 Å². The molecule has 29 heavy (non-hydrogen) atoms. The van der Waals surface area contributed by atoms with Gasteiger partial charge in [0.05, 0.1) is 24.7 Å². The van der Waals surface area contributed by atoms with E-state index in [1.54, 1.807) is 24.3 Å². The van der Waals surface area contributed by atoms with E-state index in [4.69, 9.17) is 4.74 Å². The van der Waals surface area contributed by atoms with Gasteiger partial charge in [-0.15, -0.1) is 11.8 Å². The molecule has 1 heterocycles. The van der Waals surface area contributed by atoms with Gasteiger partial charge >= 0.3 is 0 Å². The molecule has 0 spiro atoms. The maximum absolute atomic E-state index is 12.7. The van der Waals surface area contributed by atoms with E-state index in [-0.39, 0.29) is 11.4 Å². The van der Waals surface area contributed by atoms with Crippen molar-refractivity contribution >= 4 is 39.1 Å². The van der Waals surface area contributed by atoms with Gasteiger partial charge in [0.1, 0.15) is 0 Å². The van der Waals surface area contributed by atoms with E-state index in [9.17, 15) is 13.2 Å². The summed E-state index contributed by atoms with van der Waals surface area (Å²) < 4.78 is 31.7. The number of thioether (sulfide) groups is 1. The summed E-state index contributed by atoms with van der Waals surface area (Å²) in [5, 5.41) is 2.75. The van der Waals surface area contributed by atoms with Gasteiger partial charge in [-0.3, -0.25) is 4.79 Å². The standard InChI is InChI=1S/C20H25N3O4S2/c1-22(29(25,26)19-9-7-18(28-2)8-10-19)15-20(24)21-16-3-5-17(6-4-16)23-11-13-27-14-12-23/h3-10H,11-15H2,1-2H3,(H,21,24). The summed E-state index contributed by atoms with van der Waals surface area (Å²) >= 11 is 1.54. The molecule has 2 aromatic carbocycles. The van der Waals surface area contributed by atoms with Crippen molar-refractivity contribution in [3.63, 3.8) is 0 Å². The van der Waals surface area contributed by atoms with Crippen molar-refractivity contribution < 1.29 is 17.9 Å². The number of likely N-dealkylation sites (N-methyl/N-ethyl adjacent to an activating group) is 1. The molecule has 0 atom stereocenters. The molecule has 0 saturated carbocycles. The summed E-state index contributed by atoms with van der Waals surface area (Å²) in [7, 11) is -2.33. The Morgan fingerprint density at radius 2 is 1.72 bits per heavy atom. The van der Waals surface area contributed by atoms with Crippen LogP contribution in [0.4, 0.5) is 11.4 Å². The predicted molar refractivity (Wildman–Crippen MR) is 116 cm³/mol. The molecule has 0 bridgehead atoms. The van der Waals surface area contributed by atoms with Crippen molar-refractivity contribution in [3.05, 3.63) is 48.5 Å². The first-order chi connectivity index (χ1) is 13.9. The second-order valence-electron chi connectivity index (χ2n) is 6.63. The lowest BCUT2D eigenvalue weighted by molar-refractivity contribution is -0.116. The van der Waals surface area contributed by atoms with Gasteiger partial charge < -0.3 is 15.0 Å². The van der Waals surface area contributed by atoms with Crippen LogP contribution in [0.25, 0.3) is 0 Å². The van der Waals surface area contributed by atoms with E-state index < -0.39 is 15.9 Å². The van der Waals surface area contributed by atoms with Crippen molar-refractivity contribution in [3.8, 4) is 0 Å². The highest BCUT2D eigenvalue weighted by atomic mass is 32.2. The zero-order chi connectivity index (χ0) is 20.9. The average Bonchev–Trinajstić information content (AvgIpc) is 2.74. The van der Waals surface area contributed by atoms with Crippen LogP contribution in [0, 0.1) is 0 Å². The number of carbonyl (C=O) groups excluding carboxylic acids is 1. The van der Waals surface area contributed by atoms with Crippen LogP contribution in [0.15, 0.2) is 58.3 Å². The fourth-order valence-corrected chi connectivity index (χ4v) is 4.53. The molecule has 2 aromatic rings. The summed E-state index contributed by atoms with van der Waals surface area (Å²) in [5.41, 5.74) is 1.70. The average molecular weight is 436 g/mol. The van der Waals surface area contributed by atoms with Crippen molar-refractivity contribution in [2.24, 2.45) is 0 Å². The third kappa shape index (κ3) is 5.51. The van der Waals surface area contributed by atoms with E-state index in [0.717, 1.165) is 28.0 Å². The highest BCUT2D eigenvalue weighted by Gasteiger charge is 2.23. The summed E-state index contributed by atoms with van der Waals surface area (Å²) in [4.78, 5) is 15.7. The highest BCUT2D eigenvalue weighted by molar-refractivity contribution is 7.98. The van der Waals surface area contributed by atoms with Gasteiger partial charge in [-0.25, -0.2) is 8.42 Å². The minimum atomic E-state index is -3.73. The van der Waals surface area contributed by atoms with E-state index in [1.807, 2.05) is 30.5 Å². The van der Waals surface area contributed by atoms with Gasteiger partial charge in [-0.05, 0) is 54.8 Å². The summed E-state index contributed by atoms with van der Waals surface area (Å²) in [5.74, 6) is -0.393. The Balaban J connectivity index is 1.59. The van der Waals surface area contributed by atoms with Crippen molar-refractivity contribution in [1.82, 2.24) is 4.31 Å². The van der Waals surface area contributed by atoms with Crippen LogP contribution >= 0.6 is 11.8 Å². The van der Waals surface area contributed by atoms with Gasteiger partial charge in [-0.2, -0.15) is 4.31 Å². The van der Waals surface area contributed by atoms with Crippen LogP contribution in [-0.4, -0.2) is 64.8 Å². The Morgan fingerprint density at radius 3 is 2.31 bits per heavy atom. The van der Waals surface area contributed by atoms with Crippen molar-refractivity contribution in [2.45, 2.75) is 9.79 Å². The number of ether oxygens (including phenoxy) is 1. The van der Waals surface area contributed by atoms with E-state index in [0.29, 0.717) is 18.9 Å². The predicted octanol–water partition coefficient (Wildman–Crippen LogP) is 2.50. The molecule has 3 rings (SSSR count). The number of hydrogen-bond donors (Lipinski definition) is 1. The van der Waals surface area contributed by atoms with Crippen molar-refractivity contribution in [1.29, 1.82) is 0 Å². The van der Waals surface area contributed by atoms with Gasteiger partial charge in [0.2, 0.25) is 15.9 Å². The molecule has 0 aliphatic carbocycles. The third-order valence-electron chi connectivity index (χ3n) is 4.66. The minimum Gasteiger partial charge on any atom is -0.378 e. The fourth-order valence-electron chi connectivity index (χ4n) is 2.99. The number of morpholine rings is 1. The van der Waals surface area contributed by atoms with E-state index in [1.165, 1.54) is 18.8 Å². The molecular formula is C20H25N3O4S2. The Hall–Kier alpha value is -2.07. The van der Waals surface area contributed by atoms with E-state index in [2.05, 4.69) is 10.2 Å². The second-order valence-corrected chi connectivity index (χ2v) is 9.56. The second kappa shape index (κ2) is 9.62. The zero-order valence-corrected chi connectivity index (χ0v) is 18.1. The van der Waals surface area contributed by atoms with Crippen LogP contribution in [-0.2, 0) is 19.6 Å². The summed E-state index contributed by atoms with van der Waals surface area (Å²) in [6.45, 7) is 2.83. The highest BCUT2D eigenvalue weighted by Crippen LogP contribution is 2.21. The van der Waals surface area contributed by atoms with Crippen LogP contribution < -0.4 is 10.2 Å². The number of amides is 1. The molecule has 1 N–H and O–H groups in total. The first kappa shape index (κ1) is 21.6. The molecule has 0 aromatic heterocycles. The zero-order valence-electron chi connectivity index (χ0n) is 16.5. The number of rotatable bonds is 7. The van der Waals surface area contributed by atoms with Gasteiger partial charge in [-0.1, -0.05) is 0 Å². The van der Waals surface area contributed by atoms with Crippen LogP contribution in [0.2, 0.25) is 0 Å². The van der Waals surface area contributed by atoms with Crippen LogP contribution in [0.5, 0.6) is 0 Å². The molecule has 9 heteroatoms. The molecule has 1 saturated heterocycles. The van der Waals surface area contributed by atoms with E-state index >= 15 is 0 Å². The lowest BCUT2D eigenvalue weighted by Crippen LogP contribution is -2.36. The maximum Gasteiger partial charge on any atom is 0.243 e. The Bertz CT molecular complexity index is 925. The SMILES string of the molecule is CSc1ccc(S(=O)(=O)N(C)CC(=O)Nc2ccc(N3CCOCC3)cc2)cc1. The lowest BCUT2D eigenvalue weighted by atomic mass is 10.2. The molecule has 1 amide bonds. The summed E-state index contributed by atoms with van der Waals surface area (Å²) in [6.07, 6.45) is 1.92. The third-order valence-corrected chi connectivity index (χ3v) is 7.22. The first-order valence-corrected chi connectivity index (χ1v) is 11.9. The number of sulfonamides is 1. The Labute approximate surface area is 176 Å². The molecule has 1 aliphatic heterocycles. The molecule has 0 unspecified atom stereocenters. The maximum atomic E-state index is 12.7. The lowest BCUT2D eigenvalue weighted by Gasteiger charge is -2.28. The molecule has 0 radical (unpaired) electrons. The molecule has 1 aliphatic rings. The van der Waals surface area contributed by atoms with Gasteiger partial charge in [0.25, 0.3) is 0 Å². The molecular weight excluding hydrogens is 410 g/mol. The Morgan fingerprint density at radius 1 is 1.10 bits per heavy atom. The largest absolute Gasteiger partial charge is 0.378 e. The van der Waals surface area contributed by atoms with Gasteiger partial charge in [0, 0.05) is 36.4 Å². The first-order valence-electron chi connectivity index (χ1n) is 9.23. The molecule has 156 valence electrons. The van der Waals surface area contributed by atoms with Crippen LogP contribution in [0.3, 0.4) is 0 Å². The Kier molecular flexibility index (Phi) is 7.18. The number of hydrogen-bond acceptors (Lipinski definition) is 6. The number of anilines is 2. The quantitative estimate of drug-likeness (QED) is 0.674. The normalized spacial score (nSPS) is 14.8.